The molecule has 1 aliphatic rings. The molecule has 0 spiro atoms. The van der Waals surface area contributed by atoms with Gasteiger partial charge in [-0.2, -0.15) is 5.10 Å². The van der Waals surface area contributed by atoms with E-state index in [0.29, 0.717) is 17.8 Å². The van der Waals surface area contributed by atoms with Crippen molar-refractivity contribution in [3.63, 3.8) is 0 Å². The minimum atomic E-state index is -1.18. The molecule has 0 saturated heterocycles. The van der Waals surface area contributed by atoms with Gasteiger partial charge in [-0.1, -0.05) is 72.7 Å². The van der Waals surface area contributed by atoms with Gasteiger partial charge in [0.15, 0.2) is 0 Å². The van der Waals surface area contributed by atoms with Crippen molar-refractivity contribution >= 4 is 11.6 Å². The summed E-state index contributed by atoms with van der Waals surface area (Å²) in [4.78, 5) is 18.5. The Labute approximate surface area is 184 Å². The summed E-state index contributed by atoms with van der Waals surface area (Å²) in [6, 6.07) is 21.4. The first-order chi connectivity index (χ1) is 15.4. The normalized spacial score (nSPS) is 20.8. The summed E-state index contributed by atoms with van der Waals surface area (Å²) in [5.41, 5.74) is 3.88. The van der Waals surface area contributed by atoms with E-state index < -0.39 is 6.08 Å². The third-order valence-corrected chi connectivity index (χ3v) is 5.44. The number of carbonyl (C=O) groups is 1. The first kappa shape index (κ1) is 19.5. The average molecular weight is 418 g/mol. The molecule has 0 aliphatic carbocycles. The van der Waals surface area contributed by atoms with Crippen LogP contribution in [0.4, 0.5) is 0 Å². The zero-order valence-electron chi connectivity index (χ0n) is 19.1. The molecule has 0 bridgehead atoms. The Balaban J connectivity index is 1.44. The van der Waals surface area contributed by atoms with Crippen LogP contribution in [0.2, 0.25) is 0 Å². The highest BCUT2D eigenvalue weighted by atomic mass is 16.6. The summed E-state index contributed by atoms with van der Waals surface area (Å²) < 4.78 is 10.5. The van der Waals surface area contributed by atoms with Gasteiger partial charge < -0.3 is 10.2 Å². The van der Waals surface area contributed by atoms with Gasteiger partial charge in [-0.25, -0.2) is 0 Å². The van der Waals surface area contributed by atoms with Gasteiger partial charge in [-0.05, 0) is 25.5 Å². The van der Waals surface area contributed by atoms with Crippen molar-refractivity contribution in [1.82, 2.24) is 15.1 Å². The lowest BCUT2D eigenvalue weighted by Crippen LogP contribution is -2.35. The number of hydrogen-bond donors (Lipinski definition) is 1. The van der Waals surface area contributed by atoms with Gasteiger partial charge >= 0.3 is 0 Å². The molecule has 3 aromatic rings. The molecule has 6 nitrogen and oxygen atoms in total. The molecule has 1 amide bonds. The van der Waals surface area contributed by atoms with Gasteiger partial charge in [0.1, 0.15) is 11.8 Å². The number of nitrogens with one attached hydrogen (secondary N) is 1. The minimum Gasteiger partial charge on any atom is -0.391 e. The molecule has 160 valence electrons. The van der Waals surface area contributed by atoms with Crippen LogP contribution in [0.5, 0.6) is 0 Å². The second kappa shape index (κ2) is 9.16. The second-order valence-electron chi connectivity index (χ2n) is 8.03. The van der Waals surface area contributed by atoms with E-state index in [-0.39, 0.29) is 24.4 Å². The minimum absolute atomic E-state index is 0.0334. The molecular formula is C25H28N4O2. The van der Waals surface area contributed by atoms with E-state index in [2.05, 4.69) is 15.6 Å². The molecule has 31 heavy (non-hydrogen) atoms. The zero-order chi connectivity index (χ0) is 22.7. The number of benzene rings is 2. The van der Waals surface area contributed by atoms with Gasteiger partial charge in [-0.15, -0.1) is 0 Å². The first-order valence-corrected chi connectivity index (χ1v) is 10.6. The highest BCUT2D eigenvalue weighted by Gasteiger charge is 2.31. The van der Waals surface area contributed by atoms with E-state index >= 15 is 0 Å². The molecule has 1 aliphatic heterocycles. The summed E-state index contributed by atoms with van der Waals surface area (Å²) in [6.45, 7) is 6.13. The van der Waals surface area contributed by atoms with Crippen LogP contribution in [0.1, 0.15) is 44.2 Å². The van der Waals surface area contributed by atoms with Crippen LogP contribution in [-0.4, -0.2) is 34.0 Å². The van der Waals surface area contributed by atoms with Gasteiger partial charge in [0, 0.05) is 23.9 Å². The second-order valence-corrected chi connectivity index (χ2v) is 8.03. The lowest BCUT2D eigenvalue weighted by Gasteiger charge is -2.15. The van der Waals surface area contributed by atoms with Crippen molar-refractivity contribution in [2.45, 2.75) is 39.3 Å². The summed E-state index contributed by atoms with van der Waals surface area (Å²) in [5.74, 6) is -0.480. The summed E-state index contributed by atoms with van der Waals surface area (Å²) in [5, 5.41) is 11.7. The lowest BCUT2D eigenvalue weighted by atomic mass is 9.94. The van der Waals surface area contributed by atoms with Gasteiger partial charge in [0.2, 0.25) is 0 Å². The molecule has 2 aromatic carbocycles. The van der Waals surface area contributed by atoms with Crippen molar-refractivity contribution < 1.29 is 11.0 Å². The Hall–Kier alpha value is -3.41. The Morgan fingerprint density at radius 3 is 2.52 bits per heavy atom. The molecule has 2 atom stereocenters. The Morgan fingerprint density at radius 2 is 1.84 bits per heavy atom. The molecule has 6 heteroatoms. The van der Waals surface area contributed by atoms with E-state index in [4.69, 9.17) is 6.21 Å². The average Bonchev–Trinajstić information content (AvgIpc) is 3.36. The Bertz CT molecular complexity index is 1110. The van der Waals surface area contributed by atoms with Crippen LogP contribution < -0.4 is 5.32 Å². The fourth-order valence-corrected chi connectivity index (χ4v) is 3.60. The quantitative estimate of drug-likeness (QED) is 0.616. The predicted octanol–water partition coefficient (Wildman–Crippen LogP) is 4.49. The van der Waals surface area contributed by atoms with Crippen molar-refractivity contribution in [1.29, 1.82) is 0 Å². The molecule has 2 unspecified atom stereocenters. The monoisotopic (exact) mass is 417 g/mol. The molecule has 0 fully saturated rings. The summed E-state index contributed by atoms with van der Waals surface area (Å²) in [7, 11) is 0. The highest BCUT2D eigenvalue weighted by molar-refractivity contribution is 5.98. The van der Waals surface area contributed by atoms with Crippen molar-refractivity contribution in [2.24, 2.45) is 11.1 Å². The number of nitrogens with zero attached hydrogens (tertiary/aromatic N) is 3. The molecule has 1 N–H and O–H groups in total. The van der Waals surface area contributed by atoms with E-state index in [1.54, 1.807) is 4.68 Å². The fourth-order valence-electron chi connectivity index (χ4n) is 3.60. The number of carbonyl (C=O) groups excluding carboxylic acids is 1. The molecule has 1 aromatic heterocycles. The van der Waals surface area contributed by atoms with Crippen LogP contribution >= 0.6 is 0 Å². The van der Waals surface area contributed by atoms with Crippen LogP contribution in [0, 0.1) is 5.92 Å². The maximum atomic E-state index is 13.0. The summed E-state index contributed by atoms with van der Waals surface area (Å²) in [6.07, 6.45) is -0.752. The largest absolute Gasteiger partial charge is 0.391 e. The molecule has 2 heterocycles. The topological polar surface area (TPSA) is 68.5 Å². The maximum absolute atomic E-state index is 13.0. The van der Waals surface area contributed by atoms with Crippen LogP contribution in [0.3, 0.4) is 0 Å². The van der Waals surface area contributed by atoms with Gasteiger partial charge in [-0.3, -0.25) is 9.48 Å². The van der Waals surface area contributed by atoms with Crippen molar-refractivity contribution in [3.8, 4) is 11.3 Å². The SMILES string of the molecule is [2H]C1(Cc2ccccc2)ON=C(CNC(=O)c2cc(-c3ccccc3)nn2C(C)C)C1C. The fraction of sp³-hybridized carbons (Fsp3) is 0.320. The zero-order valence-corrected chi connectivity index (χ0v) is 18.1. The van der Waals surface area contributed by atoms with Gasteiger partial charge in [0.25, 0.3) is 5.91 Å². The van der Waals surface area contributed by atoms with Gasteiger partial charge in [0.05, 0.1) is 19.3 Å². The first-order valence-electron chi connectivity index (χ1n) is 11.1. The Kier molecular flexibility index (Phi) is 5.78. The smallest absolute Gasteiger partial charge is 0.269 e. The molecule has 4 rings (SSSR count). The number of rotatable bonds is 7. The van der Waals surface area contributed by atoms with Crippen LogP contribution in [0.25, 0.3) is 11.3 Å². The van der Waals surface area contributed by atoms with E-state index in [9.17, 15) is 4.79 Å². The summed E-state index contributed by atoms with van der Waals surface area (Å²) >= 11 is 0. The lowest BCUT2D eigenvalue weighted by molar-refractivity contribution is 0.0660. The number of amides is 1. The standard InChI is InChI=1S/C25H28N4O2/c1-17(2)29-23(15-21(27-29)20-12-8-5-9-13-20)25(30)26-16-22-18(3)24(31-28-22)14-19-10-6-4-7-11-19/h4-13,15,17-18,24H,14,16H2,1-3H3,(H,26,30)/i24D. The number of hydrogen-bond acceptors (Lipinski definition) is 4. The Morgan fingerprint density at radius 1 is 1.16 bits per heavy atom. The van der Waals surface area contributed by atoms with E-state index in [1.807, 2.05) is 87.5 Å². The van der Waals surface area contributed by atoms with Crippen LogP contribution in [0.15, 0.2) is 71.9 Å². The number of oxime groups is 1. The molecular weight excluding hydrogens is 388 g/mol. The third-order valence-electron chi connectivity index (χ3n) is 5.44. The third kappa shape index (κ3) is 4.68. The van der Waals surface area contributed by atoms with E-state index in [1.165, 1.54) is 0 Å². The number of aromatic nitrogens is 2. The van der Waals surface area contributed by atoms with Crippen molar-refractivity contribution in [2.75, 3.05) is 6.54 Å². The van der Waals surface area contributed by atoms with Crippen LogP contribution in [-0.2, 0) is 11.3 Å². The predicted molar refractivity (Wildman–Crippen MR) is 122 cm³/mol. The van der Waals surface area contributed by atoms with E-state index in [0.717, 1.165) is 16.8 Å². The molecule has 0 saturated carbocycles. The highest BCUT2D eigenvalue weighted by Crippen LogP contribution is 2.23. The maximum Gasteiger partial charge on any atom is 0.269 e. The van der Waals surface area contributed by atoms with Crippen molar-refractivity contribution in [3.05, 3.63) is 78.0 Å². The molecule has 0 radical (unpaired) electrons.